The number of hydrogen-bond acceptors (Lipinski definition) is 2. The van der Waals surface area contributed by atoms with Crippen molar-refractivity contribution in [3.63, 3.8) is 0 Å². The van der Waals surface area contributed by atoms with Gasteiger partial charge in [0.2, 0.25) is 5.82 Å². The number of ether oxygens (including phenoxy) is 2. The third kappa shape index (κ3) is 7.21. The SMILES string of the molecule is C/C=C/CCc1ccc(-c2ccc(-c3ccc(OCCC(F)(F)c4ccc(OCC)c(F)c4F)c(F)c3)cc2)c(F)c1F. The minimum atomic E-state index is -3.79. The molecule has 0 fully saturated rings. The van der Waals surface area contributed by atoms with Crippen LogP contribution in [0.4, 0.5) is 30.7 Å². The minimum Gasteiger partial charge on any atom is -0.491 e. The van der Waals surface area contributed by atoms with Gasteiger partial charge >= 0.3 is 0 Å². The smallest absolute Gasteiger partial charge is 0.279 e. The van der Waals surface area contributed by atoms with Crippen molar-refractivity contribution in [1.82, 2.24) is 0 Å². The number of alkyl halides is 2. The Kier molecular flexibility index (Phi) is 10.2. The average molecular weight is 603 g/mol. The standard InChI is InChI=1S/C34H29F7O2/c1-3-5-6-7-23-12-14-25(31(37)30(23)36)22-10-8-21(9-11-22)24-13-16-28(27(35)20-24)43-19-18-34(40,41)26-15-17-29(42-4-2)33(39)32(26)38/h3,5,8-17,20H,4,6-7,18-19H2,1-2H3/b5-3+. The predicted molar refractivity (Wildman–Crippen MR) is 152 cm³/mol. The van der Waals surface area contributed by atoms with Crippen molar-refractivity contribution in [2.45, 2.75) is 39.0 Å². The van der Waals surface area contributed by atoms with Gasteiger partial charge in [0.25, 0.3) is 5.92 Å². The molecule has 0 saturated heterocycles. The highest BCUT2D eigenvalue weighted by Gasteiger charge is 2.36. The number of rotatable bonds is 12. The molecule has 0 heterocycles. The van der Waals surface area contributed by atoms with Crippen LogP contribution in [-0.4, -0.2) is 13.2 Å². The first-order chi connectivity index (χ1) is 20.6. The van der Waals surface area contributed by atoms with Gasteiger partial charge < -0.3 is 9.47 Å². The topological polar surface area (TPSA) is 18.5 Å². The summed E-state index contributed by atoms with van der Waals surface area (Å²) in [5.41, 5.74) is 0.662. The second-order valence-corrected chi connectivity index (χ2v) is 9.71. The zero-order chi connectivity index (χ0) is 31.1. The van der Waals surface area contributed by atoms with Crippen molar-refractivity contribution in [1.29, 1.82) is 0 Å². The first-order valence-electron chi connectivity index (χ1n) is 13.7. The van der Waals surface area contributed by atoms with Crippen molar-refractivity contribution < 1.29 is 40.2 Å². The number of hydrogen-bond donors (Lipinski definition) is 0. The summed E-state index contributed by atoms with van der Waals surface area (Å²) in [5.74, 6) is -10.5. The highest BCUT2D eigenvalue weighted by Crippen LogP contribution is 2.37. The molecule has 4 aromatic rings. The maximum Gasteiger partial charge on any atom is 0.279 e. The van der Waals surface area contributed by atoms with E-state index in [-0.39, 0.29) is 23.5 Å². The summed E-state index contributed by atoms with van der Waals surface area (Å²) < 4.78 is 112. The summed E-state index contributed by atoms with van der Waals surface area (Å²) in [6, 6.07) is 15.1. The lowest BCUT2D eigenvalue weighted by Gasteiger charge is -2.19. The van der Waals surface area contributed by atoms with Crippen molar-refractivity contribution in [3.05, 3.63) is 119 Å². The largest absolute Gasteiger partial charge is 0.491 e. The van der Waals surface area contributed by atoms with Crippen LogP contribution in [0.2, 0.25) is 0 Å². The molecule has 0 saturated carbocycles. The van der Waals surface area contributed by atoms with E-state index in [1.54, 1.807) is 37.3 Å². The lowest BCUT2D eigenvalue weighted by Crippen LogP contribution is -2.20. The zero-order valence-electron chi connectivity index (χ0n) is 23.5. The number of aryl methyl sites for hydroxylation is 1. The molecule has 4 rings (SSSR count). The van der Waals surface area contributed by atoms with Gasteiger partial charge in [-0.05, 0) is 73.2 Å². The lowest BCUT2D eigenvalue weighted by atomic mass is 9.98. The molecule has 0 spiro atoms. The lowest BCUT2D eigenvalue weighted by molar-refractivity contribution is -0.0282. The molecule has 9 heteroatoms. The third-order valence-corrected chi connectivity index (χ3v) is 6.85. The number of halogens is 7. The van der Waals surface area contributed by atoms with Gasteiger partial charge in [0, 0.05) is 5.56 Å². The average Bonchev–Trinajstić information content (AvgIpc) is 2.99. The normalized spacial score (nSPS) is 11.7. The summed E-state index contributed by atoms with van der Waals surface area (Å²) in [7, 11) is 0. The van der Waals surface area contributed by atoms with Crippen LogP contribution >= 0.6 is 0 Å². The Balaban J connectivity index is 1.42. The first kappa shape index (κ1) is 31.7. The van der Waals surface area contributed by atoms with Crippen molar-refractivity contribution in [2.24, 2.45) is 0 Å². The van der Waals surface area contributed by atoms with E-state index in [9.17, 15) is 30.7 Å². The summed E-state index contributed by atoms with van der Waals surface area (Å²) >= 11 is 0. The van der Waals surface area contributed by atoms with E-state index in [2.05, 4.69) is 0 Å². The molecule has 0 aromatic heterocycles. The van der Waals surface area contributed by atoms with Gasteiger partial charge in [-0.15, -0.1) is 0 Å². The molecule has 4 aromatic carbocycles. The molecule has 0 aliphatic carbocycles. The Bertz CT molecular complexity index is 1600. The predicted octanol–water partition coefficient (Wildman–Crippen LogP) is 10.2. The Labute approximate surface area is 245 Å². The van der Waals surface area contributed by atoms with E-state index in [1.165, 1.54) is 18.2 Å². The fraction of sp³-hybridized carbons (Fsp3) is 0.235. The molecule has 0 radical (unpaired) electrons. The van der Waals surface area contributed by atoms with Crippen LogP contribution in [0.1, 0.15) is 37.8 Å². The van der Waals surface area contributed by atoms with Crippen molar-refractivity contribution >= 4 is 0 Å². The molecule has 0 amide bonds. The van der Waals surface area contributed by atoms with Crippen LogP contribution in [0.3, 0.4) is 0 Å². The molecule has 0 aliphatic rings. The van der Waals surface area contributed by atoms with Gasteiger partial charge in [-0.3, -0.25) is 0 Å². The summed E-state index contributed by atoms with van der Waals surface area (Å²) in [6.07, 6.45) is 3.66. The Morgan fingerprint density at radius 1 is 0.698 bits per heavy atom. The molecule has 0 bridgehead atoms. The zero-order valence-corrected chi connectivity index (χ0v) is 23.5. The molecule has 0 aliphatic heterocycles. The Morgan fingerprint density at radius 2 is 1.37 bits per heavy atom. The van der Waals surface area contributed by atoms with Gasteiger partial charge in [-0.1, -0.05) is 54.6 Å². The minimum absolute atomic E-state index is 0.0307. The van der Waals surface area contributed by atoms with E-state index < -0.39 is 59.3 Å². The summed E-state index contributed by atoms with van der Waals surface area (Å²) in [5, 5.41) is 0. The van der Waals surface area contributed by atoms with Crippen LogP contribution in [0.25, 0.3) is 22.3 Å². The molecular weight excluding hydrogens is 573 g/mol. The van der Waals surface area contributed by atoms with Crippen molar-refractivity contribution in [2.75, 3.05) is 13.2 Å². The highest BCUT2D eigenvalue weighted by molar-refractivity contribution is 5.71. The van der Waals surface area contributed by atoms with Crippen LogP contribution < -0.4 is 9.47 Å². The maximum atomic E-state index is 14.8. The fourth-order valence-corrected chi connectivity index (χ4v) is 4.56. The van der Waals surface area contributed by atoms with E-state index >= 15 is 0 Å². The van der Waals surface area contributed by atoms with Gasteiger partial charge in [-0.25, -0.2) is 26.3 Å². The molecule has 0 atom stereocenters. The summed E-state index contributed by atoms with van der Waals surface area (Å²) in [4.78, 5) is 0. The number of benzene rings is 4. The monoisotopic (exact) mass is 602 g/mol. The van der Waals surface area contributed by atoms with Gasteiger partial charge in [0.05, 0.1) is 25.2 Å². The number of allylic oxidation sites excluding steroid dienone is 2. The van der Waals surface area contributed by atoms with Crippen molar-refractivity contribution in [3.8, 4) is 33.8 Å². The molecule has 226 valence electrons. The van der Waals surface area contributed by atoms with Crippen LogP contribution in [-0.2, 0) is 12.3 Å². The van der Waals surface area contributed by atoms with Gasteiger partial charge in [0.1, 0.15) is 0 Å². The van der Waals surface area contributed by atoms with Gasteiger partial charge in [-0.2, -0.15) is 4.39 Å². The van der Waals surface area contributed by atoms with E-state index in [0.29, 0.717) is 29.5 Å². The van der Waals surface area contributed by atoms with E-state index in [4.69, 9.17) is 9.47 Å². The van der Waals surface area contributed by atoms with Crippen LogP contribution in [0.15, 0.2) is 78.9 Å². The molecule has 2 nitrogen and oxygen atoms in total. The maximum absolute atomic E-state index is 14.8. The van der Waals surface area contributed by atoms with Crippen LogP contribution in [0.5, 0.6) is 11.5 Å². The third-order valence-electron chi connectivity index (χ3n) is 6.85. The molecule has 0 unspecified atom stereocenters. The van der Waals surface area contributed by atoms with E-state index in [0.717, 1.165) is 18.2 Å². The molecule has 0 N–H and O–H groups in total. The van der Waals surface area contributed by atoms with Gasteiger partial charge in [0.15, 0.2) is 34.8 Å². The second kappa shape index (κ2) is 13.8. The quantitative estimate of drug-likeness (QED) is 0.119. The Morgan fingerprint density at radius 3 is 2.05 bits per heavy atom. The van der Waals surface area contributed by atoms with Crippen LogP contribution in [0, 0.1) is 29.1 Å². The Hall–Kier alpha value is -4.27. The fourth-order valence-electron chi connectivity index (χ4n) is 4.56. The second-order valence-electron chi connectivity index (χ2n) is 9.71. The highest BCUT2D eigenvalue weighted by atomic mass is 19.3. The molecular formula is C34H29F7O2. The summed E-state index contributed by atoms with van der Waals surface area (Å²) in [6.45, 7) is 2.75. The molecule has 43 heavy (non-hydrogen) atoms. The van der Waals surface area contributed by atoms with E-state index in [1.807, 2.05) is 19.1 Å². The first-order valence-corrected chi connectivity index (χ1v) is 13.7.